The summed E-state index contributed by atoms with van der Waals surface area (Å²) in [6.45, 7) is 8.82. The van der Waals surface area contributed by atoms with Crippen molar-refractivity contribution < 1.29 is 0 Å². The first-order valence-electron chi connectivity index (χ1n) is 16.5. The number of anilines is 1. The van der Waals surface area contributed by atoms with Crippen LogP contribution in [0, 0.1) is 0 Å². The van der Waals surface area contributed by atoms with Crippen molar-refractivity contribution in [1.82, 2.24) is 30.6 Å². The third-order valence-corrected chi connectivity index (χ3v) is 11.0. The lowest BCUT2D eigenvalue weighted by atomic mass is 9.87. The Hall–Kier alpha value is -3.10. The van der Waals surface area contributed by atoms with Crippen LogP contribution < -0.4 is 15.5 Å². The monoisotopic (exact) mass is 641 g/mol. The van der Waals surface area contributed by atoms with Crippen LogP contribution in [0.4, 0.5) is 5.69 Å². The highest BCUT2D eigenvalue weighted by Gasteiger charge is 2.39. The fourth-order valence-electron chi connectivity index (χ4n) is 7.75. The summed E-state index contributed by atoms with van der Waals surface area (Å²) in [5.74, 6) is 1.96. The van der Waals surface area contributed by atoms with Gasteiger partial charge in [0, 0.05) is 5.69 Å². The van der Waals surface area contributed by atoms with E-state index >= 15 is 0 Å². The molecule has 4 N–H and O–H groups in total. The summed E-state index contributed by atoms with van der Waals surface area (Å²) in [7, 11) is 0. The summed E-state index contributed by atoms with van der Waals surface area (Å²) >= 11 is 14.5. The van der Waals surface area contributed by atoms with Crippen LogP contribution in [0.2, 0.25) is 10.0 Å². The van der Waals surface area contributed by atoms with E-state index in [9.17, 15) is 0 Å². The standard InChI is InChI=1S/C36H41Cl2N7/c1-36(2,3)20-8-10-21(11-9-20)45-28(22-12-14-24-32(30(22)37)43-34(41-24)26-6-4-18-39-26)16-17-29(45)23-13-15-25-33(31(23)38)44-35(42-25)27-7-5-19-40-27/h8-15,26-29,39-40H,4-7,16-19H2,1-3H3,(H,41,43)(H,42,44)/t26-,27-,28+,29?/m0/s1. The maximum absolute atomic E-state index is 7.27. The van der Waals surface area contributed by atoms with Crippen LogP contribution >= 0.6 is 23.2 Å². The highest BCUT2D eigenvalue weighted by Crippen LogP contribution is 2.51. The van der Waals surface area contributed by atoms with Gasteiger partial charge in [-0.2, -0.15) is 0 Å². The fourth-order valence-corrected chi connectivity index (χ4v) is 8.42. The van der Waals surface area contributed by atoms with Crippen molar-refractivity contribution in [1.29, 1.82) is 0 Å². The molecule has 3 aromatic carbocycles. The summed E-state index contributed by atoms with van der Waals surface area (Å²) < 4.78 is 0. The highest BCUT2D eigenvalue weighted by molar-refractivity contribution is 6.36. The normalized spacial score (nSPS) is 24.1. The molecule has 5 heterocycles. The SMILES string of the molecule is CC(C)(C)c1ccc(N2C(c3ccc4[nH]c([C@@H]5CCCN5)nc4c3Cl)CC[C@@H]2c2ccc3[nH]c([C@@H]4CCCN4)nc3c2Cl)cc1. The minimum Gasteiger partial charge on any atom is -0.357 e. The van der Waals surface area contributed by atoms with Crippen molar-refractivity contribution in [3.8, 4) is 0 Å². The first-order valence-corrected chi connectivity index (χ1v) is 17.2. The van der Waals surface area contributed by atoms with E-state index in [1.807, 2.05) is 0 Å². The van der Waals surface area contributed by atoms with Crippen LogP contribution in [0.1, 0.15) is 112 Å². The minimum atomic E-state index is 0.0707. The molecule has 45 heavy (non-hydrogen) atoms. The molecule has 3 aliphatic rings. The van der Waals surface area contributed by atoms with Crippen molar-refractivity contribution in [3.05, 3.63) is 86.9 Å². The van der Waals surface area contributed by atoms with Gasteiger partial charge in [-0.25, -0.2) is 9.97 Å². The number of benzene rings is 3. The summed E-state index contributed by atoms with van der Waals surface area (Å²) in [5.41, 5.74) is 8.45. The summed E-state index contributed by atoms with van der Waals surface area (Å²) in [4.78, 5) is 19.6. The molecule has 9 heteroatoms. The number of aromatic nitrogens is 4. The Labute approximate surface area is 274 Å². The van der Waals surface area contributed by atoms with E-state index in [1.165, 1.54) is 24.1 Å². The van der Waals surface area contributed by atoms with Crippen LogP contribution in [0.25, 0.3) is 22.1 Å². The van der Waals surface area contributed by atoms with Gasteiger partial charge in [0.1, 0.15) is 22.7 Å². The number of aromatic amines is 2. The predicted octanol–water partition coefficient (Wildman–Crippen LogP) is 8.98. The zero-order valence-electron chi connectivity index (χ0n) is 26.2. The molecular weight excluding hydrogens is 601 g/mol. The van der Waals surface area contributed by atoms with E-state index in [2.05, 4.69) is 94.8 Å². The zero-order chi connectivity index (χ0) is 30.9. The highest BCUT2D eigenvalue weighted by atomic mass is 35.5. The Bertz CT molecular complexity index is 1750. The molecule has 0 saturated carbocycles. The van der Waals surface area contributed by atoms with Crippen molar-refractivity contribution in [2.75, 3.05) is 18.0 Å². The second-order valence-corrected chi connectivity index (χ2v) is 14.8. The molecule has 2 aromatic heterocycles. The van der Waals surface area contributed by atoms with E-state index < -0.39 is 0 Å². The number of nitrogens with zero attached hydrogens (tertiary/aromatic N) is 3. The molecule has 3 saturated heterocycles. The molecule has 5 aromatic rings. The topological polar surface area (TPSA) is 84.7 Å². The molecule has 0 aliphatic carbocycles. The Balaban J connectivity index is 1.21. The van der Waals surface area contributed by atoms with Crippen molar-refractivity contribution in [3.63, 3.8) is 0 Å². The maximum Gasteiger partial charge on any atom is 0.124 e. The molecule has 0 radical (unpaired) electrons. The molecule has 3 fully saturated rings. The lowest BCUT2D eigenvalue weighted by molar-refractivity contribution is 0.589. The van der Waals surface area contributed by atoms with Gasteiger partial charge in [-0.15, -0.1) is 0 Å². The average Bonchev–Trinajstić information content (AvgIpc) is 3.86. The third kappa shape index (κ3) is 5.12. The minimum absolute atomic E-state index is 0.0707. The first kappa shape index (κ1) is 29.3. The predicted molar refractivity (Wildman–Crippen MR) is 184 cm³/mol. The number of nitrogens with one attached hydrogen (secondary N) is 4. The number of hydrogen-bond acceptors (Lipinski definition) is 5. The van der Waals surface area contributed by atoms with E-state index in [1.54, 1.807) is 0 Å². The van der Waals surface area contributed by atoms with Gasteiger partial charge >= 0.3 is 0 Å². The molecule has 3 aliphatic heterocycles. The molecule has 0 spiro atoms. The smallest absolute Gasteiger partial charge is 0.124 e. The average molecular weight is 643 g/mol. The fraction of sp³-hybridized carbons (Fsp3) is 0.444. The summed E-state index contributed by atoms with van der Waals surface area (Å²) in [6.07, 6.45) is 6.41. The Morgan fingerprint density at radius 2 is 1.16 bits per heavy atom. The number of fused-ring (bicyclic) bond motifs is 2. The van der Waals surface area contributed by atoms with Crippen LogP contribution in [0.3, 0.4) is 0 Å². The number of halogens is 2. The van der Waals surface area contributed by atoms with E-state index in [0.29, 0.717) is 0 Å². The number of imidazole rings is 2. The van der Waals surface area contributed by atoms with Crippen molar-refractivity contribution >= 4 is 51.0 Å². The van der Waals surface area contributed by atoms with Gasteiger partial charge in [0.05, 0.1) is 45.2 Å². The van der Waals surface area contributed by atoms with Gasteiger partial charge in [-0.3, -0.25) is 0 Å². The lowest BCUT2D eigenvalue weighted by Gasteiger charge is -2.34. The summed E-state index contributed by atoms with van der Waals surface area (Å²) in [5, 5.41) is 8.58. The summed E-state index contributed by atoms with van der Waals surface area (Å²) in [6, 6.07) is 18.4. The van der Waals surface area contributed by atoms with Crippen LogP contribution in [0.15, 0.2) is 48.5 Å². The van der Waals surface area contributed by atoms with Gasteiger partial charge < -0.3 is 25.5 Å². The Morgan fingerprint density at radius 1 is 0.667 bits per heavy atom. The first-order chi connectivity index (χ1) is 21.8. The quantitative estimate of drug-likeness (QED) is 0.154. The van der Waals surface area contributed by atoms with Crippen molar-refractivity contribution in [2.45, 2.75) is 88.9 Å². The van der Waals surface area contributed by atoms with Crippen LogP contribution in [-0.2, 0) is 5.41 Å². The van der Waals surface area contributed by atoms with Gasteiger partial charge in [-0.05, 0) is 98.0 Å². The molecule has 7 nitrogen and oxygen atoms in total. The van der Waals surface area contributed by atoms with Gasteiger partial charge in [0.2, 0.25) is 0 Å². The van der Waals surface area contributed by atoms with E-state index in [0.717, 1.165) is 93.7 Å². The maximum atomic E-state index is 7.27. The largest absolute Gasteiger partial charge is 0.357 e. The lowest BCUT2D eigenvalue weighted by Crippen LogP contribution is -2.26. The van der Waals surface area contributed by atoms with Gasteiger partial charge in [0.15, 0.2) is 0 Å². The third-order valence-electron chi connectivity index (χ3n) is 10.2. The van der Waals surface area contributed by atoms with E-state index in [4.69, 9.17) is 33.2 Å². The molecule has 0 amide bonds. The van der Waals surface area contributed by atoms with E-state index in [-0.39, 0.29) is 29.6 Å². The number of H-pyrrole nitrogens is 2. The second-order valence-electron chi connectivity index (χ2n) is 14.1. The Kier molecular flexibility index (Phi) is 7.36. The van der Waals surface area contributed by atoms with Crippen LogP contribution in [-0.4, -0.2) is 33.0 Å². The second kappa shape index (κ2) is 11.3. The van der Waals surface area contributed by atoms with Gasteiger partial charge in [-0.1, -0.05) is 68.2 Å². The van der Waals surface area contributed by atoms with Crippen LogP contribution in [0.5, 0.6) is 0 Å². The molecule has 4 atom stereocenters. The number of rotatable bonds is 5. The van der Waals surface area contributed by atoms with Crippen molar-refractivity contribution in [2.24, 2.45) is 0 Å². The number of hydrogen-bond donors (Lipinski definition) is 4. The molecule has 1 unspecified atom stereocenters. The molecule has 8 rings (SSSR count). The zero-order valence-corrected chi connectivity index (χ0v) is 27.7. The van der Waals surface area contributed by atoms with Gasteiger partial charge in [0.25, 0.3) is 0 Å². The molecule has 0 bridgehead atoms. The Morgan fingerprint density at radius 3 is 1.58 bits per heavy atom. The molecule has 234 valence electrons. The molecular formula is C36H41Cl2N7.